The highest BCUT2D eigenvalue weighted by molar-refractivity contribution is 7.99. The Bertz CT molecular complexity index is 641. The summed E-state index contributed by atoms with van der Waals surface area (Å²) in [4.78, 5) is 28.7. The maximum Gasteiger partial charge on any atom is 0.266 e. The summed E-state index contributed by atoms with van der Waals surface area (Å²) >= 11 is 7.34. The molecule has 2 heterocycles. The molecule has 0 bridgehead atoms. The number of nitrogens with one attached hydrogen (secondary N) is 2. The number of benzene rings is 1. The quantitative estimate of drug-likeness (QED) is 0.685. The number of hydrogen-bond donors (Lipinski definition) is 3. The molecule has 2 amide bonds. The van der Waals surface area contributed by atoms with E-state index in [1.54, 1.807) is 6.07 Å². The number of hydroxylamine groups is 1. The van der Waals surface area contributed by atoms with E-state index in [1.165, 1.54) is 24.9 Å². The van der Waals surface area contributed by atoms with Crippen LogP contribution in [0.15, 0.2) is 12.1 Å². The van der Waals surface area contributed by atoms with Gasteiger partial charge in [0, 0.05) is 17.4 Å². The summed E-state index contributed by atoms with van der Waals surface area (Å²) in [7, 11) is 1.33. The van der Waals surface area contributed by atoms with Crippen LogP contribution in [-0.4, -0.2) is 41.9 Å². The number of carbonyl (C=O) groups is 2. The first-order chi connectivity index (χ1) is 10.5. The van der Waals surface area contributed by atoms with Crippen molar-refractivity contribution in [3.8, 4) is 11.5 Å². The molecule has 0 spiro atoms. The highest BCUT2D eigenvalue weighted by atomic mass is 35.5. The maximum absolute atomic E-state index is 12.3. The summed E-state index contributed by atoms with van der Waals surface area (Å²) in [6.07, 6.45) is -0.766. The zero-order valence-corrected chi connectivity index (χ0v) is 13.0. The van der Waals surface area contributed by atoms with Crippen molar-refractivity contribution in [3.63, 3.8) is 0 Å². The Morgan fingerprint density at radius 3 is 3.09 bits per heavy atom. The van der Waals surface area contributed by atoms with Crippen LogP contribution < -0.4 is 15.5 Å². The summed E-state index contributed by atoms with van der Waals surface area (Å²) in [5.41, 5.74) is 2.94. The number of fused-ring (bicyclic) bond motifs is 3. The second-order valence-electron chi connectivity index (χ2n) is 4.87. The summed E-state index contributed by atoms with van der Waals surface area (Å²) < 4.78 is 5.61. The lowest BCUT2D eigenvalue weighted by Gasteiger charge is -2.15. The molecule has 118 valence electrons. The highest BCUT2D eigenvalue weighted by Gasteiger charge is 2.44. The largest absolute Gasteiger partial charge is 0.506 e. The number of aromatic hydroxyl groups is 1. The van der Waals surface area contributed by atoms with Gasteiger partial charge in [0.1, 0.15) is 17.5 Å². The lowest BCUT2D eigenvalue weighted by atomic mass is 10.1. The number of hydrogen-bond acceptors (Lipinski definition) is 6. The van der Waals surface area contributed by atoms with E-state index in [4.69, 9.17) is 16.3 Å². The fourth-order valence-corrected chi connectivity index (χ4v) is 3.94. The molecule has 0 aliphatic carbocycles. The van der Waals surface area contributed by atoms with E-state index < -0.39 is 24.0 Å². The smallest absolute Gasteiger partial charge is 0.266 e. The molecular weight excluding hydrogens is 332 g/mol. The van der Waals surface area contributed by atoms with Crippen molar-refractivity contribution in [1.82, 2.24) is 10.8 Å². The van der Waals surface area contributed by atoms with E-state index in [1.807, 2.05) is 0 Å². The highest BCUT2D eigenvalue weighted by Crippen LogP contribution is 2.49. The third kappa shape index (κ3) is 2.57. The molecule has 9 heteroatoms. The van der Waals surface area contributed by atoms with Gasteiger partial charge in [-0.15, -0.1) is 11.8 Å². The van der Waals surface area contributed by atoms with Gasteiger partial charge in [0.25, 0.3) is 11.8 Å². The van der Waals surface area contributed by atoms with E-state index in [0.29, 0.717) is 11.5 Å². The average Bonchev–Trinajstić information content (AvgIpc) is 2.72. The zero-order valence-electron chi connectivity index (χ0n) is 11.5. The molecule has 0 saturated carbocycles. The Morgan fingerprint density at radius 2 is 2.36 bits per heavy atom. The van der Waals surface area contributed by atoms with Crippen LogP contribution in [0, 0.1) is 0 Å². The number of ether oxygens (including phenoxy) is 1. The van der Waals surface area contributed by atoms with E-state index >= 15 is 0 Å². The molecule has 3 unspecified atom stereocenters. The minimum Gasteiger partial charge on any atom is -0.506 e. The monoisotopic (exact) mass is 344 g/mol. The molecular formula is C13H13ClN2O5S. The van der Waals surface area contributed by atoms with Gasteiger partial charge >= 0.3 is 0 Å². The summed E-state index contributed by atoms with van der Waals surface area (Å²) in [6.45, 7) is 0. The van der Waals surface area contributed by atoms with Crippen LogP contribution in [0.3, 0.4) is 0 Å². The van der Waals surface area contributed by atoms with Gasteiger partial charge in [0.15, 0.2) is 6.10 Å². The van der Waals surface area contributed by atoms with Crippen LogP contribution in [0.25, 0.3) is 0 Å². The lowest BCUT2D eigenvalue weighted by Crippen LogP contribution is -2.49. The van der Waals surface area contributed by atoms with Crippen LogP contribution >= 0.6 is 23.4 Å². The minimum atomic E-state index is -0.766. The predicted molar refractivity (Wildman–Crippen MR) is 79.8 cm³/mol. The topological polar surface area (TPSA) is 96.9 Å². The van der Waals surface area contributed by atoms with Gasteiger partial charge in [0.05, 0.1) is 17.4 Å². The van der Waals surface area contributed by atoms with Crippen molar-refractivity contribution >= 4 is 35.2 Å². The molecule has 1 saturated heterocycles. The first-order valence-electron chi connectivity index (χ1n) is 6.45. The van der Waals surface area contributed by atoms with Crippen molar-refractivity contribution in [3.05, 3.63) is 22.7 Å². The van der Waals surface area contributed by atoms with Crippen molar-refractivity contribution in [2.24, 2.45) is 0 Å². The first-order valence-corrected chi connectivity index (χ1v) is 7.88. The van der Waals surface area contributed by atoms with Gasteiger partial charge < -0.3 is 15.2 Å². The van der Waals surface area contributed by atoms with Crippen molar-refractivity contribution in [2.75, 3.05) is 12.9 Å². The number of phenols is 1. The summed E-state index contributed by atoms with van der Waals surface area (Å²) in [5, 5.41) is 12.2. The second kappa shape index (κ2) is 5.86. The minimum absolute atomic E-state index is 0.0976. The molecule has 3 N–H and O–H groups in total. The predicted octanol–water partition coefficient (Wildman–Crippen LogP) is 0.757. The van der Waals surface area contributed by atoms with Gasteiger partial charge in [-0.3, -0.25) is 14.4 Å². The van der Waals surface area contributed by atoms with Crippen molar-refractivity contribution < 1.29 is 24.3 Å². The van der Waals surface area contributed by atoms with E-state index in [-0.39, 0.29) is 16.0 Å². The Balaban J connectivity index is 1.86. The van der Waals surface area contributed by atoms with E-state index in [2.05, 4.69) is 15.6 Å². The molecule has 3 atom stereocenters. The van der Waals surface area contributed by atoms with E-state index in [0.717, 1.165) is 5.56 Å². The van der Waals surface area contributed by atoms with Gasteiger partial charge in [0.2, 0.25) is 0 Å². The molecule has 1 fully saturated rings. The van der Waals surface area contributed by atoms with Crippen molar-refractivity contribution in [2.45, 2.75) is 17.4 Å². The number of phenolic OH excluding ortho intramolecular Hbond substituents is 1. The van der Waals surface area contributed by atoms with Crippen LogP contribution in [0.2, 0.25) is 5.02 Å². The lowest BCUT2D eigenvalue weighted by molar-refractivity contribution is -0.137. The maximum atomic E-state index is 12.3. The van der Waals surface area contributed by atoms with Gasteiger partial charge in [-0.25, -0.2) is 5.48 Å². The number of rotatable bonds is 2. The van der Waals surface area contributed by atoms with Crippen LogP contribution in [-0.2, 0) is 14.4 Å². The average molecular weight is 345 g/mol. The molecule has 2 aliphatic heterocycles. The molecule has 2 aliphatic rings. The molecule has 1 aromatic carbocycles. The van der Waals surface area contributed by atoms with E-state index in [9.17, 15) is 14.7 Å². The Labute approximate surface area is 135 Å². The molecule has 0 radical (unpaired) electrons. The molecule has 22 heavy (non-hydrogen) atoms. The molecule has 3 rings (SSSR count). The number of halogens is 1. The Morgan fingerprint density at radius 1 is 1.59 bits per heavy atom. The summed E-state index contributed by atoms with van der Waals surface area (Å²) in [5.74, 6) is -0.118. The van der Waals surface area contributed by atoms with Crippen LogP contribution in [0.5, 0.6) is 11.5 Å². The summed E-state index contributed by atoms with van der Waals surface area (Å²) in [6, 6.07) is 2.28. The molecule has 7 nitrogen and oxygen atoms in total. The van der Waals surface area contributed by atoms with Gasteiger partial charge in [-0.2, -0.15) is 0 Å². The van der Waals surface area contributed by atoms with Gasteiger partial charge in [-0.05, 0) is 6.07 Å². The number of amides is 2. The number of carbonyl (C=O) groups excluding carboxylic acids is 2. The second-order valence-corrected chi connectivity index (χ2v) is 6.45. The molecule has 0 aromatic heterocycles. The Kier molecular flexibility index (Phi) is 4.07. The Hall–Kier alpha value is -1.64. The molecule has 1 aromatic rings. The van der Waals surface area contributed by atoms with Crippen molar-refractivity contribution in [1.29, 1.82) is 0 Å². The van der Waals surface area contributed by atoms with Crippen LogP contribution in [0.1, 0.15) is 10.8 Å². The number of thioether (sulfide) groups is 1. The third-order valence-corrected chi connectivity index (χ3v) is 5.14. The first kappa shape index (κ1) is 15.3. The van der Waals surface area contributed by atoms with Crippen LogP contribution in [0.4, 0.5) is 0 Å². The normalized spacial score (nSPS) is 26.3. The fourth-order valence-electron chi connectivity index (χ4n) is 2.42. The SMILES string of the molecule is CONC(=O)C1CSC2c3cc(Cl)c(O)cc3OC2C(=O)N1. The fraction of sp³-hybridized carbons (Fsp3) is 0.385. The standard InChI is InChI=1S/C13H13ClN2O5S/c1-20-16-12(18)7-4-22-11-5-2-6(14)8(17)3-9(5)21-10(11)13(19)15-7/h2-3,7,10-11,17H,4H2,1H3,(H,15,19)(H,16,18). The van der Waals surface area contributed by atoms with Gasteiger partial charge in [-0.1, -0.05) is 11.6 Å². The third-order valence-electron chi connectivity index (χ3n) is 3.45. The zero-order chi connectivity index (χ0) is 15.9.